The molecule has 0 aromatic heterocycles. The Kier molecular flexibility index (Phi) is 5.36. The molecule has 0 radical (unpaired) electrons. The van der Waals surface area contributed by atoms with E-state index in [1.54, 1.807) is 0 Å². The van der Waals surface area contributed by atoms with Crippen LogP contribution in [0, 0.1) is 17.8 Å². The van der Waals surface area contributed by atoms with Crippen LogP contribution in [0.2, 0.25) is 0 Å². The van der Waals surface area contributed by atoms with Crippen molar-refractivity contribution in [1.29, 1.82) is 0 Å². The predicted octanol–water partition coefficient (Wildman–Crippen LogP) is 4.68. The summed E-state index contributed by atoms with van der Waals surface area (Å²) in [4.78, 5) is 0. The molecule has 3 heteroatoms. The van der Waals surface area contributed by atoms with Gasteiger partial charge in [-0.15, -0.1) is 0 Å². The summed E-state index contributed by atoms with van der Waals surface area (Å²) in [7, 11) is 0. The van der Waals surface area contributed by atoms with Crippen molar-refractivity contribution < 1.29 is 9.84 Å². The highest BCUT2D eigenvalue weighted by Gasteiger charge is 2.51. The molecule has 0 saturated heterocycles. The van der Waals surface area contributed by atoms with Gasteiger partial charge in [-0.25, -0.2) is 0 Å². The first-order valence-corrected chi connectivity index (χ1v) is 11.3. The fourth-order valence-corrected chi connectivity index (χ4v) is 6.60. The van der Waals surface area contributed by atoms with Gasteiger partial charge in [0.05, 0.1) is 0 Å². The average Bonchev–Trinajstić information content (AvgIpc) is 2.72. The lowest BCUT2D eigenvalue weighted by atomic mass is 9.48. The summed E-state index contributed by atoms with van der Waals surface area (Å²) < 4.78 is 5.85. The van der Waals surface area contributed by atoms with Gasteiger partial charge in [-0.1, -0.05) is 42.5 Å². The Morgan fingerprint density at radius 1 is 0.897 bits per heavy atom. The summed E-state index contributed by atoms with van der Waals surface area (Å²) in [6, 6.07) is 19.1. The van der Waals surface area contributed by atoms with Crippen molar-refractivity contribution >= 4 is 0 Å². The van der Waals surface area contributed by atoms with Crippen LogP contribution in [0.1, 0.15) is 49.7 Å². The van der Waals surface area contributed by atoms with E-state index >= 15 is 0 Å². The summed E-state index contributed by atoms with van der Waals surface area (Å²) in [6.07, 6.45) is 8.12. The number of rotatable bonds is 8. The summed E-state index contributed by atoms with van der Waals surface area (Å²) >= 11 is 0. The van der Waals surface area contributed by atoms with Gasteiger partial charge < -0.3 is 15.2 Å². The number of nitrogens with one attached hydrogen (secondary N) is 1. The smallest absolute Gasteiger partial charge is 0.119 e. The van der Waals surface area contributed by atoms with Gasteiger partial charge in [0, 0.05) is 13.1 Å². The molecule has 154 valence electrons. The van der Waals surface area contributed by atoms with Gasteiger partial charge in [-0.3, -0.25) is 0 Å². The Morgan fingerprint density at radius 2 is 1.52 bits per heavy atom. The molecule has 0 heterocycles. The van der Waals surface area contributed by atoms with Gasteiger partial charge in [0.15, 0.2) is 0 Å². The maximum absolute atomic E-state index is 10.2. The monoisotopic (exact) mass is 391 g/mol. The highest BCUT2D eigenvalue weighted by atomic mass is 16.5. The molecule has 29 heavy (non-hydrogen) atoms. The van der Waals surface area contributed by atoms with E-state index in [4.69, 9.17) is 4.74 Å². The topological polar surface area (TPSA) is 41.5 Å². The lowest BCUT2D eigenvalue weighted by molar-refractivity contribution is -0.00521. The van der Waals surface area contributed by atoms with Crippen LogP contribution in [0.15, 0.2) is 54.6 Å². The van der Waals surface area contributed by atoms with E-state index in [0.29, 0.717) is 18.6 Å². The van der Waals surface area contributed by atoms with E-state index in [0.717, 1.165) is 30.0 Å². The quantitative estimate of drug-likeness (QED) is 0.686. The first-order chi connectivity index (χ1) is 14.2. The van der Waals surface area contributed by atoms with Crippen molar-refractivity contribution in [3.8, 4) is 5.75 Å². The molecule has 2 aromatic carbocycles. The minimum atomic E-state index is -0.512. The molecule has 4 saturated carbocycles. The molecule has 6 rings (SSSR count). The van der Waals surface area contributed by atoms with E-state index in [-0.39, 0.29) is 0 Å². The van der Waals surface area contributed by atoms with Gasteiger partial charge in [-0.2, -0.15) is 0 Å². The van der Waals surface area contributed by atoms with Gasteiger partial charge in [0.25, 0.3) is 0 Å². The summed E-state index contributed by atoms with van der Waals surface area (Å²) in [5.41, 5.74) is 3.18. The number of ether oxygens (including phenoxy) is 1. The van der Waals surface area contributed by atoms with Crippen LogP contribution in [-0.2, 0) is 12.0 Å². The third kappa shape index (κ3) is 4.22. The Labute approximate surface area is 174 Å². The molecular weight excluding hydrogens is 358 g/mol. The minimum absolute atomic E-state index is 0.318. The molecule has 4 aliphatic rings. The summed E-state index contributed by atoms with van der Waals surface area (Å²) in [5.74, 6) is 3.77. The molecule has 0 amide bonds. The normalized spacial score (nSPS) is 31.0. The maximum atomic E-state index is 10.2. The first-order valence-electron chi connectivity index (χ1n) is 11.3. The summed E-state index contributed by atoms with van der Waals surface area (Å²) in [6.45, 7) is 1.61. The number of hydrogen-bond donors (Lipinski definition) is 2. The van der Waals surface area contributed by atoms with Crippen LogP contribution in [-0.4, -0.2) is 24.4 Å². The molecule has 0 spiro atoms. The van der Waals surface area contributed by atoms with E-state index in [2.05, 4.69) is 41.7 Å². The maximum Gasteiger partial charge on any atom is 0.119 e. The highest BCUT2D eigenvalue weighted by molar-refractivity contribution is 5.34. The molecule has 2 N–H and O–H groups in total. The first kappa shape index (κ1) is 19.1. The zero-order chi connectivity index (χ0) is 19.7. The lowest BCUT2D eigenvalue weighted by Crippen LogP contribution is -2.48. The van der Waals surface area contributed by atoms with Crippen LogP contribution < -0.4 is 10.1 Å². The molecule has 4 bridgehead atoms. The van der Waals surface area contributed by atoms with Gasteiger partial charge in [0.1, 0.15) is 18.5 Å². The second-order valence-corrected chi connectivity index (χ2v) is 9.80. The van der Waals surface area contributed by atoms with Gasteiger partial charge in [0.2, 0.25) is 0 Å². The molecule has 2 aromatic rings. The van der Waals surface area contributed by atoms with Crippen molar-refractivity contribution in [2.24, 2.45) is 17.8 Å². The molecule has 1 unspecified atom stereocenters. The molecule has 0 aliphatic heterocycles. The largest absolute Gasteiger partial charge is 0.491 e. The van der Waals surface area contributed by atoms with Crippen molar-refractivity contribution in [1.82, 2.24) is 5.32 Å². The molecular formula is C26H33NO2. The zero-order valence-electron chi connectivity index (χ0n) is 17.2. The SMILES string of the molecule is OC(CNCc1ccccc1)COc1ccc(C23CC4CC(CC(C4)C2)C3)cc1. The van der Waals surface area contributed by atoms with E-state index in [9.17, 15) is 5.11 Å². The fraction of sp³-hybridized carbons (Fsp3) is 0.538. The Balaban J connectivity index is 1.11. The Morgan fingerprint density at radius 3 is 2.14 bits per heavy atom. The van der Waals surface area contributed by atoms with E-state index in [1.165, 1.54) is 49.7 Å². The molecule has 4 fully saturated rings. The van der Waals surface area contributed by atoms with Crippen LogP contribution in [0.25, 0.3) is 0 Å². The van der Waals surface area contributed by atoms with Crippen molar-refractivity contribution in [3.05, 3.63) is 65.7 Å². The Hall–Kier alpha value is -1.84. The molecule has 3 nitrogen and oxygen atoms in total. The minimum Gasteiger partial charge on any atom is -0.491 e. The third-order valence-electron chi connectivity index (χ3n) is 7.50. The molecule has 4 aliphatic carbocycles. The molecule has 1 atom stereocenters. The van der Waals surface area contributed by atoms with Crippen LogP contribution in [0.3, 0.4) is 0 Å². The zero-order valence-corrected chi connectivity index (χ0v) is 17.2. The fourth-order valence-electron chi connectivity index (χ4n) is 6.60. The predicted molar refractivity (Wildman–Crippen MR) is 116 cm³/mol. The van der Waals surface area contributed by atoms with Crippen molar-refractivity contribution in [3.63, 3.8) is 0 Å². The van der Waals surface area contributed by atoms with Crippen molar-refractivity contribution in [2.45, 2.75) is 56.6 Å². The van der Waals surface area contributed by atoms with E-state index in [1.807, 2.05) is 18.2 Å². The average molecular weight is 392 g/mol. The number of benzene rings is 2. The van der Waals surface area contributed by atoms with Crippen molar-refractivity contribution in [2.75, 3.05) is 13.2 Å². The lowest BCUT2D eigenvalue weighted by Gasteiger charge is -2.57. The van der Waals surface area contributed by atoms with E-state index < -0.39 is 6.10 Å². The van der Waals surface area contributed by atoms with Gasteiger partial charge >= 0.3 is 0 Å². The summed E-state index contributed by atoms with van der Waals surface area (Å²) in [5, 5.41) is 13.5. The third-order valence-corrected chi connectivity index (χ3v) is 7.50. The standard InChI is InChI=1S/C26H33NO2/c28-24(17-27-16-19-4-2-1-3-5-19)18-29-25-8-6-23(7-9-25)26-13-20-10-21(14-26)12-22(11-20)15-26/h1-9,20-22,24,27-28H,10-18H2. The number of aliphatic hydroxyl groups is 1. The highest BCUT2D eigenvalue weighted by Crippen LogP contribution is 2.60. The van der Waals surface area contributed by atoms with Crippen LogP contribution >= 0.6 is 0 Å². The van der Waals surface area contributed by atoms with Crippen LogP contribution in [0.5, 0.6) is 5.75 Å². The Bertz CT molecular complexity index is 766. The van der Waals surface area contributed by atoms with Gasteiger partial charge in [-0.05, 0) is 85.0 Å². The van der Waals surface area contributed by atoms with Crippen LogP contribution in [0.4, 0.5) is 0 Å². The second-order valence-electron chi connectivity index (χ2n) is 9.80. The number of aliphatic hydroxyl groups excluding tert-OH is 1. The number of hydrogen-bond acceptors (Lipinski definition) is 3. The second kappa shape index (κ2) is 8.12.